The van der Waals surface area contributed by atoms with E-state index in [1.165, 1.54) is 158 Å². The molecule has 0 radical (unpaired) electrons. The SMILES string of the molecule is Clc1ccc2c(c1)-c1ccc(-c3ccc4c5ccccc5n(-c5ccccc5)c4c3)cc1C2(c1ccccc1)c1ccc2ccccc2c1.Clc1cccc2c1-c1ccc(-c3ccc4sc5ccccc5c4c3)cc1C21c2ccccc2-c2cc3ccccc3cc21. The van der Waals surface area contributed by atoms with Crippen molar-refractivity contribution in [3.05, 3.63) is 376 Å². The number of nitrogens with zero attached hydrogens (tertiary/aromatic N) is 1. The predicted molar refractivity (Wildman–Crippen MR) is 390 cm³/mol. The van der Waals surface area contributed by atoms with Crippen molar-refractivity contribution in [3.8, 4) is 61.3 Å². The highest BCUT2D eigenvalue weighted by Gasteiger charge is 2.53. The van der Waals surface area contributed by atoms with E-state index in [9.17, 15) is 0 Å². The van der Waals surface area contributed by atoms with Crippen LogP contribution in [0.1, 0.15) is 44.5 Å². The second-order valence-electron chi connectivity index (χ2n) is 24.8. The van der Waals surface area contributed by atoms with Crippen LogP contribution < -0.4 is 0 Å². The fourth-order valence-corrected chi connectivity index (χ4v) is 17.9. The van der Waals surface area contributed by atoms with Crippen LogP contribution in [0.4, 0.5) is 0 Å². The van der Waals surface area contributed by atoms with Crippen molar-refractivity contribution in [2.24, 2.45) is 0 Å². The van der Waals surface area contributed by atoms with Crippen molar-refractivity contribution in [3.63, 3.8) is 0 Å². The average Bonchev–Trinajstić information content (AvgIpc) is 1.51. The Labute approximate surface area is 546 Å². The van der Waals surface area contributed by atoms with Crippen molar-refractivity contribution >= 4 is 98.1 Å². The second-order valence-corrected chi connectivity index (χ2v) is 26.7. The molecule has 17 aromatic rings. The Hall–Kier alpha value is -10.6. The van der Waals surface area contributed by atoms with Crippen molar-refractivity contribution in [2.45, 2.75) is 10.8 Å². The summed E-state index contributed by atoms with van der Waals surface area (Å²) in [5, 5.41) is 11.7. The standard InChI is InChI=1S/C47H30ClN.C41H23ClS/c48-37-23-26-43-42(30-37)39-24-20-33(34-21-25-41-40-17-9-10-18-45(40)49(46(41)29-34)38-15-5-2-6-16-38)28-44(39)47(43,35-13-3-1-4-14-35)36-22-19-31-11-7-8-12-32(31)27-36;42-37-14-7-13-34-40(37)30-18-16-27(26-17-19-39-32(21-26)29-11-4-6-15-38(29)43-39)23-35(30)41(34)33-12-5-3-10-28(33)31-20-24-8-1-2-9-25(24)22-36(31)41/h1-30H;1-23H. The number of fused-ring (bicyclic) bond motifs is 21. The maximum atomic E-state index is 7.07. The van der Waals surface area contributed by atoms with Crippen LogP contribution >= 0.6 is 34.5 Å². The Balaban J connectivity index is 0.000000133. The van der Waals surface area contributed by atoms with E-state index in [-0.39, 0.29) is 0 Å². The minimum absolute atomic E-state index is 0.444. The lowest BCUT2D eigenvalue weighted by Gasteiger charge is -2.34. The van der Waals surface area contributed by atoms with Gasteiger partial charge in [0.1, 0.15) is 0 Å². The number of para-hydroxylation sites is 2. The maximum Gasteiger partial charge on any atom is 0.0726 e. The van der Waals surface area contributed by atoms with Crippen molar-refractivity contribution < 1.29 is 0 Å². The Morgan fingerprint density at radius 2 is 0.837 bits per heavy atom. The molecule has 1 nitrogen and oxygen atoms in total. The molecule has 0 bridgehead atoms. The summed E-state index contributed by atoms with van der Waals surface area (Å²) in [7, 11) is 0. The summed E-state index contributed by atoms with van der Waals surface area (Å²) >= 11 is 15.7. The summed E-state index contributed by atoms with van der Waals surface area (Å²) in [6.07, 6.45) is 0. The van der Waals surface area contributed by atoms with Gasteiger partial charge in [-0.05, 0) is 207 Å². The van der Waals surface area contributed by atoms with Crippen molar-refractivity contribution in [1.82, 2.24) is 4.57 Å². The van der Waals surface area contributed by atoms with Gasteiger partial charge < -0.3 is 4.57 Å². The molecule has 4 heteroatoms. The molecule has 0 N–H and O–H groups in total. The van der Waals surface area contributed by atoms with Crippen LogP contribution in [0.3, 0.4) is 0 Å². The number of thiophene rings is 1. The zero-order valence-corrected chi connectivity index (χ0v) is 52.0. The Morgan fingerprint density at radius 3 is 1.66 bits per heavy atom. The van der Waals surface area contributed by atoms with Crippen LogP contribution in [0.15, 0.2) is 322 Å². The fraction of sp³-hybridized carbons (Fsp3) is 0.0227. The molecule has 1 spiro atoms. The molecular weight excluding hydrogens is 1170 g/mol. The summed E-state index contributed by atoms with van der Waals surface area (Å²) in [5.74, 6) is 0. The molecule has 430 valence electrons. The van der Waals surface area contributed by atoms with Crippen LogP contribution in [0.25, 0.3) is 125 Å². The van der Waals surface area contributed by atoms with E-state index in [1.807, 2.05) is 23.5 Å². The van der Waals surface area contributed by atoms with Gasteiger partial charge in [0.2, 0.25) is 0 Å². The highest BCUT2D eigenvalue weighted by atomic mass is 35.5. The second kappa shape index (κ2) is 20.5. The molecule has 2 aromatic heterocycles. The molecule has 3 aliphatic rings. The molecule has 2 heterocycles. The molecule has 3 aliphatic carbocycles. The third kappa shape index (κ3) is 7.67. The third-order valence-corrected chi connectivity index (χ3v) is 21.9. The first-order chi connectivity index (χ1) is 45.4. The van der Waals surface area contributed by atoms with Gasteiger partial charge >= 0.3 is 0 Å². The molecule has 0 saturated heterocycles. The Kier molecular flexibility index (Phi) is 11.9. The first-order valence-corrected chi connectivity index (χ1v) is 33.1. The fourth-order valence-electron chi connectivity index (χ4n) is 16.3. The van der Waals surface area contributed by atoms with Crippen LogP contribution in [0.2, 0.25) is 10.0 Å². The number of hydrogen-bond acceptors (Lipinski definition) is 1. The summed E-state index contributed by atoms with van der Waals surface area (Å²) in [5.41, 5.74) is 25.1. The predicted octanol–water partition coefficient (Wildman–Crippen LogP) is 24.5. The minimum Gasteiger partial charge on any atom is -0.309 e. The average molecular weight is 1230 g/mol. The molecule has 2 unspecified atom stereocenters. The van der Waals surface area contributed by atoms with Gasteiger partial charge in [-0.1, -0.05) is 254 Å². The normalized spacial score (nSPS) is 15.6. The van der Waals surface area contributed by atoms with Crippen molar-refractivity contribution in [2.75, 3.05) is 0 Å². The van der Waals surface area contributed by atoms with Gasteiger partial charge in [0.25, 0.3) is 0 Å². The van der Waals surface area contributed by atoms with Gasteiger partial charge in [0.05, 0.1) is 21.9 Å². The van der Waals surface area contributed by atoms with Crippen LogP contribution in [-0.4, -0.2) is 4.57 Å². The van der Waals surface area contributed by atoms with E-state index in [1.54, 1.807) is 0 Å². The zero-order valence-electron chi connectivity index (χ0n) is 49.7. The van der Waals surface area contributed by atoms with Crippen LogP contribution in [0, 0.1) is 0 Å². The molecule has 0 amide bonds. The highest BCUT2D eigenvalue weighted by Crippen LogP contribution is 2.65. The van der Waals surface area contributed by atoms with Gasteiger partial charge in [-0.2, -0.15) is 0 Å². The number of benzene rings is 15. The van der Waals surface area contributed by atoms with Crippen LogP contribution in [-0.2, 0) is 10.8 Å². The Bertz CT molecular complexity index is 5940. The van der Waals surface area contributed by atoms with Crippen molar-refractivity contribution in [1.29, 1.82) is 0 Å². The zero-order chi connectivity index (χ0) is 60.8. The molecular formula is C88H53Cl2NS. The van der Waals surface area contributed by atoms with E-state index < -0.39 is 10.8 Å². The number of hydrogen-bond donors (Lipinski definition) is 0. The summed E-state index contributed by atoms with van der Waals surface area (Å²) in [6.45, 7) is 0. The van der Waals surface area contributed by atoms with E-state index in [4.69, 9.17) is 23.2 Å². The van der Waals surface area contributed by atoms with E-state index in [2.05, 4.69) is 314 Å². The minimum atomic E-state index is -0.528. The molecule has 92 heavy (non-hydrogen) atoms. The van der Waals surface area contributed by atoms with E-state index in [0.717, 1.165) is 21.3 Å². The van der Waals surface area contributed by atoms with E-state index in [0.29, 0.717) is 0 Å². The van der Waals surface area contributed by atoms with Gasteiger partial charge in [0.15, 0.2) is 0 Å². The van der Waals surface area contributed by atoms with Gasteiger partial charge in [-0.3, -0.25) is 0 Å². The molecule has 0 aliphatic heterocycles. The molecule has 20 rings (SSSR count). The number of rotatable bonds is 5. The smallest absolute Gasteiger partial charge is 0.0726 e. The first-order valence-electron chi connectivity index (χ1n) is 31.5. The highest BCUT2D eigenvalue weighted by molar-refractivity contribution is 7.25. The largest absolute Gasteiger partial charge is 0.309 e. The van der Waals surface area contributed by atoms with Gasteiger partial charge in [-0.15, -0.1) is 11.3 Å². The summed E-state index contributed by atoms with van der Waals surface area (Å²) in [4.78, 5) is 0. The monoisotopic (exact) mass is 1230 g/mol. The van der Waals surface area contributed by atoms with Gasteiger partial charge in [-0.25, -0.2) is 0 Å². The quantitative estimate of drug-likeness (QED) is 0.162. The maximum absolute atomic E-state index is 7.07. The van der Waals surface area contributed by atoms with Crippen LogP contribution in [0.5, 0.6) is 0 Å². The van der Waals surface area contributed by atoms with Gasteiger partial charge in [0, 0.05) is 52.2 Å². The summed E-state index contributed by atoms with van der Waals surface area (Å²) < 4.78 is 5.05. The molecule has 0 saturated carbocycles. The number of aromatic nitrogens is 1. The molecule has 15 aromatic carbocycles. The first kappa shape index (κ1) is 53.3. The number of halogens is 2. The lowest BCUT2D eigenvalue weighted by atomic mass is 9.67. The lowest BCUT2D eigenvalue weighted by Crippen LogP contribution is -2.28. The Morgan fingerprint density at radius 1 is 0.272 bits per heavy atom. The molecule has 0 fully saturated rings. The third-order valence-electron chi connectivity index (χ3n) is 20.2. The topological polar surface area (TPSA) is 4.93 Å². The lowest BCUT2D eigenvalue weighted by molar-refractivity contribution is 0.770. The van der Waals surface area contributed by atoms with E-state index >= 15 is 0 Å². The molecule has 2 atom stereocenters. The summed E-state index contributed by atoms with van der Waals surface area (Å²) in [6, 6.07) is 118.